The molecule has 1 aromatic carbocycles. The van der Waals surface area contributed by atoms with Crippen LogP contribution in [0, 0.1) is 0 Å². The number of hydrogen-bond donors (Lipinski definition) is 2. The summed E-state index contributed by atoms with van der Waals surface area (Å²) in [5.74, 6) is 1.69. The summed E-state index contributed by atoms with van der Waals surface area (Å²) in [6.45, 7) is 13.9. The highest BCUT2D eigenvalue weighted by atomic mass is 16.5. The van der Waals surface area contributed by atoms with Gasteiger partial charge < -0.3 is 29.9 Å². The molecule has 172 valence electrons. The Labute approximate surface area is 188 Å². The second-order valence-corrected chi connectivity index (χ2v) is 8.31. The van der Waals surface area contributed by atoms with E-state index in [0.717, 1.165) is 54.5 Å². The van der Waals surface area contributed by atoms with Crippen LogP contribution in [0.3, 0.4) is 0 Å². The van der Waals surface area contributed by atoms with Crippen molar-refractivity contribution in [1.29, 1.82) is 0 Å². The molecular formula is C23H32N6O3. The molecule has 1 unspecified atom stereocenters. The number of fused-ring (bicyclic) bond motifs is 1. The molecular weight excluding hydrogens is 408 g/mol. The van der Waals surface area contributed by atoms with E-state index < -0.39 is 0 Å². The highest BCUT2D eigenvalue weighted by Gasteiger charge is 2.24. The summed E-state index contributed by atoms with van der Waals surface area (Å²) in [4.78, 5) is 26.4. The van der Waals surface area contributed by atoms with Crippen molar-refractivity contribution in [2.75, 3.05) is 74.3 Å². The number of aromatic nitrogens is 2. The van der Waals surface area contributed by atoms with Crippen molar-refractivity contribution in [3.63, 3.8) is 0 Å². The third kappa shape index (κ3) is 5.28. The second kappa shape index (κ2) is 10.1. The number of rotatable bonds is 7. The first-order valence-corrected chi connectivity index (χ1v) is 11.2. The van der Waals surface area contributed by atoms with E-state index in [4.69, 9.17) is 19.4 Å². The molecule has 0 aliphatic carbocycles. The third-order valence-corrected chi connectivity index (χ3v) is 5.63. The Hall–Kier alpha value is -2.91. The minimum absolute atomic E-state index is 0.0337. The predicted octanol–water partition coefficient (Wildman–Crippen LogP) is 1.80. The van der Waals surface area contributed by atoms with Gasteiger partial charge in [-0.3, -0.25) is 4.79 Å². The van der Waals surface area contributed by atoms with E-state index >= 15 is 0 Å². The van der Waals surface area contributed by atoms with E-state index in [1.807, 2.05) is 25.1 Å². The van der Waals surface area contributed by atoms with Crippen LogP contribution in [-0.4, -0.2) is 81.1 Å². The van der Waals surface area contributed by atoms with Gasteiger partial charge in [0.25, 0.3) is 0 Å². The van der Waals surface area contributed by atoms with Gasteiger partial charge in [0.1, 0.15) is 0 Å². The Morgan fingerprint density at radius 1 is 1.03 bits per heavy atom. The van der Waals surface area contributed by atoms with Crippen LogP contribution in [0.1, 0.15) is 13.8 Å². The Bertz CT molecular complexity index is 970. The van der Waals surface area contributed by atoms with Crippen LogP contribution >= 0.6 is 0 Å². The maximum atomic E-state index is 11.8. The summed E-state index contributed by atoms with van der Waals surface area (Å²) in [6, 6.07) is 5.98. The second-order valence-electron chi connectivity index (χ2n) is 8.31. The average molecular weight is 441 g/mol. The summed E-state index contributed by atoms with van der Waals surface area (Å²) in [5, 5.41) is 6.30. The highest BCUT2D eigenvalue weighted by molar-refractivity contribution is 5.92. The van der Waals surface area contributed by atoms with E-state index in [1.165, 1.54) is 0 Å². The quantitative estimate of drug-likeness (QED) is 0.630. The van der Waals surface area contributed by atoms with Gasteiger partial charge in [-0.15, -0.1) is 0 Å². The van der Waals surface area contributed by atoms with E-state index in [1.54, 1.807) is 6.92 Å². The van der Waals surface area contributed by atoms with Crippen LogP contribution in [-0.2, 0) is 14.3 Å². The van der Waals surface area contributed by atoms with E-state index in [0.29, 0.717) is 38.5 Å². The number of benzene rings is 1. The molecule has 2 aromatic rings. The standard InChI is InChI=1S/C23H32N6O3/c1-16(2)23(30)25-17(3)15-24-18-4-5-19-20(14-18)27-22(29-8-12-32-13-9-29)21(26-19)28-6-10-31-11-7-28/h4-5,14,17,24H,1,6-13,15H2,2-3H3,(H,25,30). The molecule has 2 aliphatic heterocycles. The van der Waals surface area contributed by atoms with Gasteiger partial charge in [-0.1, -0.05) is 6.58 Å². The van der Waals surface area contributed by atoms with E-state index in [-0.39, 0.29) is 11.9 Å². The summed E-state index contributed by atoms with van der Waals surface area (Å²) < 4.78 is 11.1. The number of morpholine rings is 2. The van der Waals surface area contributed by atoms with Gasteiger partial charge in [0.2, 0.25) is 5.91 Å². The molecule has 0 radical (unpaired) electrons. The van der Waals surface area contributed by atoms with Gasteiger partial charge in [-0.25, -0.2) is 9.97 Å². The Morgan fingerprint density at radius 2 is 1.59 bits per heavy atom. The van der Waals surface area contributed by atoms with Crippen LogP contribution in [0.4, 0.5) is 17.3 Å². The fourth-order valence-corrected chi connectivity index (χ4v) is 3.79. The smallest absolute Gasteiger partial charge is 0.246 e. The van der Waals surface area contributed by atoms with Gasteiger partial charge in [0.15, 0.2) is 11.6 Å². The Morgan fingerprint density at radius 3 is 2.16 bits per heavy atom. The number of amides is 1. The van der Waals surface area contributed by atoms with Crippen molar-refractivity contribution >= 4 is 34.3 Å². The normalized spacial score (nSPS) is 17.8. The molecule has 9 heteroatoms. The maximum Gasteiger partial charge on any atom is 0.246 e. The number of carbonyl (C=O) groups excluding carboxylic acids is 1. The highest BCUT2D eigenvalue weighted by Crippen LogP contribution is 2.30. The Balaban J connectivity index is 1.56. The molecule has 9 nitrogen and oxygen atoms in total. The monoisotopic (exact) mass is 440 g/mol. The molecule has 4 rings (SSSR count). The summed E-state index contributed by atoms with van der Waals surface area (Å²) in [6.07, 6.45) is 0. The molecule has 1 aromatic heterocycles. The summed E-state index contributed by atoms with van der Waals surface area (Å²) in [5.41, 5.74) is 3.14. The SMILES string of the molecule is C=C(C)C(=O)NC(C)CNc1ccc2nc(N3CCOCC3)c(N3CCOCC3)nc2c1. The van der Waals surface area contributed by atoms with Crippen molar-refractivity contribution in [3.8, 4) is 0 Å². The molecule has 1 amide bonds. The van der Waals surface area contributed by atoms with E-state index in [9.17, 15) is 4.79 Å². The number of ether oxygens (including phenoxy) is 2. The summed E-state index contributed by atoms with van der Waals surface area (Å²) >= 11 is 0. The zero-order chi connectivity index (χ0) is 22.5. The first kappa shape index (κ1) is 22.3. The van der Waals surface area contributed by atoms with Crippen LogP contribution in [0.25, 0.3) is 11.0 Å². The zero-order valence-corrected chi connectivity index (χ0v) is 18.9. The summed E-state index contributed by atoms with van der Waals surface area (Å²) in [7, 11) is 0. The number of nitrogens with zero attached hydrogens (tertiary/aromatic N) is 4. The lowest BCUT2D eigenvalue weighted by atomic mass is 10.2. The molecule has 1 atom stereocenters. The first-order valence-electron chi connectivity index (χ1n) is 11.2. The Kier molecular flexibility index (Phi) is 7.06. The van der Waals surface area contributed by atoms with Gasteiger partial charge in [-0.05, 0) is 32.0 Å². The molecule has 2 N–H and O–H groups in total. The van der Waals surface area contributed by atoms with Crippen molar-refractivity contribution < 1.29 is 14.3 Å². The molecule has 2 saturated heterocycles. The van der Waals surface area contributed by atoms with Gasteiger partial charge in [0, 0.05) is 50.0 Å². The van der Waals surface area contributed by atoms with Crippen LogP contribution in [0.5, 0.6) is 0 Å². The number of hydrogen-bond acceptors (Lipinski definition) is 8. The zero-order valence-electron chi connectivity index (χ0n) is 18.9. The maximum absolute atomic E-state index is 11.8. The molecule has 0 saturated carbocycles. The average Bonchev–Trinajstić information content (AvgIpc) is 2.82. The number of anilines is 3. The molecule has 0 bridgehead atoms. The third-order valence-electron chi connectivity index (χ3n) is 5.63. The lowest BCUT2D eigenvalue weighted by Gasteiger charge is -2.34. The van der Waals surface area contributed by atoms with Crippen LogP contribution in [0.15, 0.2) is 30.4 Å². The van der Waals surface area contributed by atoms with Gasteiger partial charge >= 0.3 is 0 Å². The van der Waals surface area contributed by atoms with Crippen molar-refractivity contribution in [2.45, 2.75) is 19.9 Å². The number of carbonyl (C=O) groups is 1. The fraction of sp³-hybridized carbons (Fsp3) is 0.522. The number of nitrogens with one attached hydrogen (secondary N) is 2. The lowest BCUT2D eigenvalue weighted by Crippen LogP contribution is -2.41. The van der Waals surface area contributed by atoms with Crippen LogP contribution < -0.4 is 20.4 Å². The van der Waals surface area contributed by atoms with Gasteiger partial charge in [0.05, 0.1) is 37.5 Å². The molecule has 32 heavy (non-hydrogen) atoms. The molecule has 2 fully saturated rings. The minimum atomic E-state index is -0.130. The molecule has 0 spiro atoms. The lowest BCUT2D eigenvalue weighted by molar-refractivity contribution is -0.117. The topological polar surface area (TPSA) is 91.9 Å². The van der Waals surface area contributed by atoms with Crippen molar-refractivity contribution in [1.82, 2.24) is 15.3 Å². The largest absolute Gasteiger partial charge is 0.383 e. The molecule has 3 heterocycles. The van der Waals surface area contributed by atoms with E-state index in [2.05, 4.69) is 27.0 Å². The first-order chi connectivity index (χ1) is 15.5. The minimum Gasteiger partial charge on any atom is -0.383 e. The molecule has 2 aliphatic rings. The predicted molar refractivity (Wildman–Crippen MR) is 127 cm³/mol. The van der Waals surface area contributed by atoms with Crippen LogP contribution in [0.2, 0.25) is 0 Å². The van der Waals surface area contributed by atoms with Gasteiger partial charge in [-0.2, -0.15) is 0 Å². The fourth-order valence-electron chi connectivity index (χ4n) is 3.79. The van der Waals surface area contributed by atoms with Crippen molar-refractivity contribution in [3.05, 3.63) is 30.4 Å². The van der Waals surface area contributed by atoms with Crippen molar-refractivity contribution in [2.24, 2.45) is 0 Å².